The number of benzene rings is 2. The van der Waals surface area contributed by atoms with Crippen LogP contribution in [0.4, 0.5) is 0 Å². The van der Waals surface area contributed by atoms with Crippen molar-refractivity contribution in [3.05, 3.63) is 90.3 Å². The Morgan fingerprint density at radius 1 is 0.923 bits per heavy atom. The molecule has 0 aliphatic carbocycles. The molecule has 0 bridgehead atoms. The maximum absolute atomic E-state index is 10.4. The summed E-state index contributed by atoms with van der Waals surface area (Å²) in [5.74, 6) is 0.904. The van der Waals surface area contributed by atoms with Crippen molar-refractivity contribution in [1.29, 1.82) is 0 Å². The quantitative estimate of drug-likeness (QED) is 0.522. The molecule has 2 aromatic carbocycles. The molecule has 0 saturated heterocycles. The minimum absolute atomic E-state index is 0.178. The molecule has 5 nitrogen and oxygen atoms in total. The standard InChI is InChI=1S/C13H14NO.C7H8O3S/c1-14-10-6-5-7-12(14)11-15-13-8-3-2-4-9-13;1-6-2-4-7(5-3-6)11(8,9)10/h2-10H,11H2,1H3;2-5H,1H3,(H,8,9,10)/q+1;/p-1. The summed E-state index contributed by atoms with van der Waals surface area (Å²) in [6.45, 7) is 2.42. The highest BCUT2D eigenvalue weighted by Gasteiger charge is 2.04. The zero-order valence-corrected chi connectivity index (χ0v) is 15.5. The molecule has 0 radical (unpaired) electrons. The number of pyridine rings is 1. The highest BCUT2D eigenvalue weighted by Crippen LogP contribution is 2.10. The van der Waals surface area contributed by atoms with Gasteiger partial charge < -0.3 is 9.29 Å². The largest absolute Gasteiger partial charge is 0.744 e. The second-order valence-electron chi connectivity index (χ2n) is 5.67. The molecule has 6 heteroatoms. The van der Waals surface area contributed by atoms with Gasteiger partial charge in [0.15, 0.2) is 12.8 Å². The van der Waals surface area contributed by atoms with E-state index in [4.69, 9.17) is 4.74 Å². The summed E-state index contributed by atoms with van der Waals surface area (Å²) in [7, 11) is -2.25. The van der Waals surface area contributed by atoms with E-state index >= 15 is 0 Å². The summed E-state index contributed by atoms with van der Waals surface area (Å²) < 4.78 is 38.9. The number of aromatic nitrogens is 1. The minimum Gasteiger partial charge on any atom is -0.744 e. The summed E-state index contributed by atoms with van der Waals surface area (Å²) >= 11 is 0. The first-order valence-electron chi connectivity index (χ1n) is 8.00. The van der Waals surface area contributed by atoms with E-state index in [0.717, 1.165) is 17.0 Å². The van der Waals surface area contributed by atoms with Gasteiger partial charge in [-0.3, -0.25) is 0 Å². The Morgan fingerprint density at radius 2 is 1.54 bits per heavy atom. The lowest BCUT2D eigenvalue weighted by Crippen LogP contribution is -2.33. The fourth-order valence-electron chi connectivity index (χ4n) is 2.09. The molecular formula is C20H21NO4S. The van der Waals surface area contributed by atoms with Gasteiger partial charge in [0.05, 0.1) is 4.90 Å². The molecule has 0 fully saturated rings. The smallest absolute Gasteiger partial charge is 0.219 e. The Hall–Kier alpha value is -2.70. The van der Waals surface area contributed by atoms with Crippen molar-refractivity contribution in [1.82, 2.24) is 0 Å². The zero-order chi connectivity index (χ0) is 19.0. The first kappa shape index (κ1) is 19.6. The fraction of sp³-hybridized carbons (Fsp3) is 0.150. The van der Waals surface area contributed by atoms with Crippen LogP contribution < -0.4 is 9.30 Å². The molecule has 0 spiro atoms. The van der Waals surface area contributed by atoms with E-state index < -0.39 is 10.1 Å². The molecule has 3 rings (SSSR count). The lowest BCUT2D eigenvalue weighted by atomic mass is 10.2. The number of hydrogen-bond donors (Lipinski definition) is 0. The summed E-state index contributed by atoms with van der Waals surface area (Å²) in [4.78, 5) is -0.178. The summed E-state index contributed by atoms with van der Waals surface area (Å²) in [6, 6.07) is 21.7. The van der Waals surface area contributed by atoms with E-state index in [0.29, 0.717) is 6.61 Å². The van der Waals surface area contributed by atoms with Gasteiger partial charge in [-0.2, -0.15) is 0 Å². The number of rotatable bonds is 4. The van der Waals surface area contributed by atoms with Gasteiger partial charge in [-0.1, -0.05) is 35.9 Å². The van der Waals surface area contributed by atoms with E-state index in [9.17, 15) is 13.0 Å². The van der Waals surface area contributed by atoms with Gasteiger partial charge in [0.1, 0.15) is 22.9 Å². The van der Waals surface area contributed by atoms with Crippen molar-refractivity contribution in [3.63, 3.8) is 0 Å². The molecule has 3 aromatic rings. The fourth-order valence-corrected chi connectivity index (χ4v) is 2.56. The van der Waals surface area contributed by atoms with E-state index in [2.05, 4.69) is 10.6 Å². The maximum Gasteiger partial charge on any atom is 0.219 e. The van der Waals surface area contributed by atoms with Gasteiger partial charge >= 0.3 is 0 Å². The molecule has 0 amide bonds. The van der Waals surface area contributed by atoms with Gasteiger partial charge in [0, 0.05) is 12.1 Å². The van der Waals surface area contributed by atoms with Crippen LogP contribution in [0.3, 0.4) is 0 Å². The molecule has 1 aromatic heterocycles. The monoisotopic (exact) mass is 371 g/mol. The maximum atomic E-state index is 10.4. The van der Waals surface area contributed by atoms with Gasteiger partial charge in [-0.15, -0.1) is 0 Å². The normalized spacial score (nSPS) is 10.6. The molecule has 0 aliphatic rings. The van der Waals surface area contributed by atoms with Crippen molar-refractivity contribution in [2.24, 2.45) is 7.05 Å². The third kappa shape index (κ3) is 6.31. The number of para-hydroxylation sites is 1. The Kier molecular flexibility index (Phi) is 6.89. The highest BCUT2D eigenvalue weighted by atomic mass is 32.2. The van der Waals surface area contributed by atoms with Crippen LogP contribution in [0.15, 0.2) is 83.9 Å². The van der Waals surface area contributed by atoms with Crippen LogP contribution in [-0.2, 0) is 23.8 Å². The predicted octanol–water partition coefficient (Wildman–Crippen LogP) is 2.99. The molecule has 0 atom stereocenters. The van der Waals surface area contributed by atoms with Gasteiger partial charge in [0.2, 0.25) is 5.69 Å². The first-order valence-corrected chi connectivity index (χ1v) is 9.41. The average Bonchev–Trinajstić information content (AvgIpc) is 2.62. The van der Waals surface area contributed by atoms with Gasteiger partial charge in [0.25, 0.3) is 0 Å². The van der Waals surface area contributed by atoms with Crippen molar-refractivity contribution in [2.75, 3.05) is 0 Å². The Bertz CT molecular complexity index is 924. The minimum atomic E-state index is -4.27. The Labute approximate surface area is 154 Å². The van der Waals surface area contributed by atoms with Crippen LogP contribution in [0.2, 0.25) is 0 Å². The molecule has 26 heavy (non-hydrogen) atoms. The third-order valence-corrected chi connectivity index (χ3v) is 4.45. The highest BCUT2D eigenvalue weighted by molar-refractivity contribution is 7.85. The Morgan fingerprint density at radius 3 is 2.12 bits per heavy atom. The van der Waals surface area contributed by atoms with Gasteiger partial charge in [-0.25, -0.2) is 13.0 Å². The van der Waals surface area contributed by atoms with Crippen molar-refractivity contribution in [2.45, 2.75) is 18.4 Å². The molecule has 1 heterocycles. The van der Waals surface area contributed by atoms with Crippen LogP contribution in [0.5, 0.6) is 5.75 Å². The average molecular weight is 371 g/mol. The predicted molar refractivity (Wildman–Crippen MR) is 97.5 cm³/mol. The van der Waals surface area contributed by atoms with Crippen molar-refractivity contribution in [3.8, 4) is 5.75 Å². The topological polar surface area (TPSA) is 70.3 Å². The summed E-state index contributed by atoms with van der Waals surface area (Å²) in [5.41, 5.74) is 2.08. The SMILES string of the molecule is C[n+]1ccccc1COc1ccccc1.Cc1ccc(S(=O)(=O)[O-])cc1. The van der Waals surface area contributed by atoms with Crippen LogP contribution in [0, 0.1) is 6.92 Å². The lowest BCUT2D eigenvalue weighted by molar-refractivity contribution is -0.680. The molecule has 0 aliphatic heterocycles. The lowest BCUT2D eigenvalue weighted by Gasteiger charge is -2.05. The van der Waals surface area contributed by atoms with E-state index in [1.54, 1.807) is 12.1 Å². The van der Waals surface area contributed by atoms with Crippen molar-refractivity contribution >= 4 is 10.1 Å². The summed E-state index contributed by atoms with van der Waals surface area (Å²) in [6.07, 6.45) is 2.02. The number of hydrogen-bond acceptors (Lipinski definition) is 4. The third-order valence-electron chi connectivity index (χ3n) is 3.60. The molecule has 0 N–H and O–H groups in total. The molecule has 0 saturated carbocycles. The van der Waals surface area contributed by atoms with E-state index in [-0.39, 0.29) is 4.90 Å². The van der Waals surface area contributed by atoms with Crippen LogP contribution in [0.1, 0.15) is 11.3 Å². The summed E-state index contributed by atoms with van der Waals surface area (Å²) in [5, 5.41) is 0. The van der Waals surface area contributed by atoms with Gasteiger partial charge in [-0.05, 0) is 37.3 Å². The van der Waals surface area contributed by atoms with Crippen LogP contribution in [-0.4, -0.2) is 13.0 Å². The molecule has 0 unspecified atom stereocenters. The zero-order valence-electron chi connectivity index (χ0n) is 14.7. The van der Waals surface area contributed by atoms with Crippen molar-refractivity contribution < 1.29 is 22.3 Å². The number of aryl methyl sites for hydroxylation is 2. The molecular weight excluding hydrogens is 350 g/mol. The van der Waals surface area contributed by atoms with E-state index in [1.807, 2.05) is 62.6 Å². The van der Waals surface area contributed by atoms with Crippen LogP contribution in [0.25, 0.3) is 0 Å². The Balaban J connectivity index is 0.000000197. The number of ether oxygens (including phenoxy) is 1. The second-order valence-corrected chi connectivity index (χ2v) is 7.05. The molecule has 136 valence electrons. The first-order chi connectivity index (χ1) is 12.4. The van der Waals surface area contributed by atoms with Crippen LogP contribution >= 0.6 is 0 Å². The second kappa shape index (κ2) is 9.12. The van der Waals surface area contributed by atoms with E-state index in [1.165, 1.54) is 12.1 Å². The number of nitrogens with zero attached hydrogens (tertiary/aromatic N) is 1.